The Morgan fingerprint density at radius 2 is 1.97 bits per heavy atom. The lowest BCUT2D eigenvalue weighted by atomic mass is 9.35. The fourth-order valence-electron chi connectivity index (χ4n) is 9.90. The first-order chi connectivity index (χ1) is 14.4. The molecule has 2 heterocycles. The zero-order valence-corrected chi connectivity index (χ0v) is 19.7. The number of likely N-dealkylation sites (tertiary alicyclic amines) is 1. The second kappa shape index (κ2) is 4.65. The van der Waals surface area contributed by atoms with Gasteiger partial charge in [0.1, 0.15) is 11.9 Å². The van der Waals surface area contributed by atoms with Crippen LogP contribution in [0, 0.1) is 40.5 Å². The van der Waals surface area contributed by atoms with Gasteiger partial charge >= 0.3 is 0 Å². The predicted octanol–water partition coefficient (Wildman–Crippen LogP) is 4.46. The number of nitriles is 1. The molecule has 3 spiro atoms. The summed E-state index contributed by atoms with van der Waals surface area (Å²) in [4.78, 5) is 2.15. The van der Waals surface area contributed by atoms with Crippen LogP contribution in [-0.2, 0) is 11.8 Å². The van der Waals surface area contributed by atoms with Gasteiger partial charge in [0.25, 0.3) is 0 Å². The van der Waals surface area contributed by atoms with Gasteiger partial charge in [-0.15, -0.1) is 0 Å². The summed E-state index contributed by atoms with van der Waals surface area (Å²) in [5.41, 5.74) is 3.07. The van der Waals surface area contributed by atoms with E-state index in [1.807, 2.05) is 0 Å². The van der Waals surface area contributed by atoms with E-state index in [0.29, 0.717) is 6.04 Å². The maximum Gasteiger partial charge on any atom is 0.180 e. The Labute approximate surface area is 185 Å². The Morgan fingerprint density at radius 1 is 1.23 bits per heavy atom. The van der Waals surface area contributed by atoms with Crippen molar-refractivity contribution in [3.8, 4) is 11.9 Å². The molecular formula is C27H34N2O2. The lowest BCUT2D eigenvalue weighted by molar-refractivity contribution is -0.245. The van der Waals surface area contributed by atoms with Gasteiger partial charge in [0.05, 0.1) is 17.2 Å². The van der Waals surface area contributed by atoms with Crippen molar-refractivity contribution in [2.24, 2.45) is 22.2 Å². The molecule has 5 fully saturated rings. The highest BCUT2D eigenvalue weighted by molar-refractivity contribution is 5.65. The maximum absolute atomic E-state index is 12.0. The van der Waals surface area contributed by atoms with Crippen molar-refractivity contribution in [3.05, 3.63) is 28.8 Å². The van der Waals surface area contributed by atoms with Gasteiger partial charge in [-0.25, -0.2) is 0 Å². The van der Waals surface area contributed by atoms with Crippen LogP contribution in [0.1, 0.15) is 77.0 Å². The summed E-state index contributed by atoms with van der Waals surface area (Å²) >= 11 is 0. The lowest BCUT2D eigenvalue weighted by Gasteiger charge is -2.69. The number of fused-ring (bicyclic) bond motifs is 2. The molecular weight excluding hydrogens is 384 g/mol. The van der Waals surface area contributed by atoms with Crippen LogP contribution in [0.3, 0.4) is 0 Å². The average molecular weight is 419 g/mol. The Hall–Kier alpha value is -1.73. The Kier molecular flexibility index (Phi) is 2.82. The molecule has 1 aromatic carbocycles. The largest absolute Gasteiger partial charge is 0.488 e. The van der Waals surface area contributed by atoms with E-state index in [1.165, 1.54) is 16.7 Å². The summed E-state index contributed by atoms with van der Waals surface area (Å²) in [7, 11) is 0. The van der Waals surface area contributed by atoms with Crippen LogP contribution in [0.4, 0.5) is 0 Å². The first-order valence-corrected chi connectivity index (χ1v) is 12.1. The summed E-state index contributed by atoms with van der Waals surface area (Å²) in [6, 6.07) is 4.84. The molecule has 4 nitrogen and oxygen atoms in total. The van der Waals surface area contributed by atoms with Crippen molar-refractivity contribution < 1.29 is 9.84 Å². The fourth-order valence-corrected chi connectivity index (χ4v) is 9.90. The van der Waals surface area contributed by atoms with Gasteiger partial charge in [-0.1, -0.05) is 39.8 Å². The molecule has 1 saturated heterocycles. The molecule has 7 aliphatic rings. The third kappa shape index (κ3) is 1.55. The topological polar surface area (TPSA) is 56.3 Å². The van der Waals surface area contributed by atoms with Crippen molar-refractivity contribution in [2.45, 2.75) is 102 Å². The fraction of sp³-hybridized carbons (Fsp3) is 0.741. The third-order valence-electron chi connectivity index (χ3n) is 11.6. The van der Waals surface area contributed by atoms with Gasteiger partial charge in [0, 0.05) is 21.8 Å². The Bertz CT molecular complexity index is 1110. The van der Waals surface area contributed by atoms with Gasteiger partial charge in [-0.2, -0.15) is 5.26 Å². The summed E-state index contributed by atoms with van der Waals surface area (Å²) in [5, 5.41) is 22.1. The van der Waals surface area contributed by atoms with Crippen LogP contribution < -0.4 is 4.74 Å². The Balaban J connectivity index is 1.53. The molecule has 1 aromatic rings. The minimum atomic E-state index is -0.803. The lowest BCUT2D eigenvalue weighted by Crippen LogP contribution is -2.73. The second-order valence-electron chi connectivity index (χ2n) is 13.4. The van der Waals surface area contributed by atoms with E-state index < -0.39 is 5.60 Å². The van der Waals surface area contributed by atoms with E-state index >= 15 is 0 Å². The van der Waals surface area contributed by atoms with Crippen molar-refractivity contribution in [1.29, 1.82) is 5.26 Å². The number of benzene rings is 1. The minimum absolute atomic E-state index is 0.0113. The normalized spacial score (nSPS) is 49.1. The smallest absolute Gasteiger partial charge is 0.180 e. The zero-order valence-electron chi connectivity index (χ0n) is 19.7. The maximum atomic E-state index is 12.0. The highest BCUT2D eigenvalue weighted by atomic mass is 16.5. The number of hydrogen-bond donors (Lipinski definition) is 1. The molecule has 0 amide bonds. The van der Waals surface area contributed by atoms with E-state index in [4.69, 9.17) is 4.74 Å². The summed E-state index contributed by atoms with van der Waals surface area (Å²) < 4.78 is 7.05. The molecule has 6 unspecified atom stereocenters. The van der Waals surface area contributed by atoms with Gasteiger partial charge in [-0.05, 0) is 68.4 Å². The van der Waals surface area contributed by atoms with Crippen molar-refractivity contribution >= 4 is 0 Å². The van der Waals surface area contributed by atoms with Crippen molar-refractivity contribution in [2.75, 3.05) is 0 Å². The minimum Gasteiger partial charge on any atom is -0.488 e. The van der Waals surface area contributed by atoms with E-state index in [-0.39, 0.29) is 39.2 Å². The predicted molar refractivity (Wildman–Crippen MR) is 118 cm³/mol. The molecule has 8 atom stereocenters. The van der Waals surface area contributed by atoms with Crippen LogP contribution in [0.25, 0.3) is 0 Å². The number of piperidine rings is 1. The second-order valence-corrected chi connectivity index (χ2v) is 13.4. The van der Waals surface area contributed by atoms with Crippen molar-refractivity contribution in [1.82, 2.24) is 4.90 Å². The van der Waals surface area contributed by atoms with Gasteiger partial charge in [-0.3, -0.25) is 4.90 Å². The Morgan fingerprint density at radius 3 is 2.65 bits per heavy atom. The number of ether oxygens (including phenoxy) is 1. The van der Waals surface area contributed by atoms with E-state index in [2.05, 4.69) is 64.8 Å². The first-order valence-electron chi connectivity index (χ1n) is 12.1. The number of aryl methyl sites for hydroxylation is 1. The third-order valence-corrected chi connectivity index (χ3v) is 11.6. The van der Waals surface area contributed by atoms with E-state index in [0.717, 1.165) is 37.9 Å². The molecule has 4 saturated carbocycles. The summed E-state index contributed by atoms with van der Waals surface area (Å²) in [6.45, 7) is 13.2. The van der Waals surface area contributed by atoms with Crippen LogP contribution in [0.15, 0.2) is 12.1 Å². The molecule has 0 aromatic heterocycles. The van der Waals surface area contributed by atoms with Gasteiger partial charge < -0.3 is 9.84 Å². The van der Waals surface area contributed by atoms with Gasteiger partial charge in [0.15, 0.2) is 6.19 Å². The molecule has 4 heteroatoms. The van der Waals surface area contributed by atoms with Crippen LogP contribution >= 0.6 is 0 Å². The molecule has 31 heavy (non-hydrogen) atoms. The van der Waals surface area contributed by atoms with Crippen LogP contribution in [-0.4, -0.2) is 33.3 Å². The summed E-state index contributed by atoms with van der Waals surface area (Å²) in [5.74, 6) is 1.29. The monoisotopic (exact) mass is 418 g/mol. The molecule has 5 aliphatic carbocycles. The number of nitrogens with zero attached hydrogens (tertiary/aromatic N) is 2. The zero-order chi connectivity index (χ0) is 22.0. The number of rotatable bonds is 1. The van der Waals surface area contributed by atoms with Crippen LogP contribution in [0.2, 0.25) is 0 Å². The summed E-state index contributed by atoms with van der Waals surface area (Å²) in [6.07, 6.45) is 7.96. The average Bonchev–Trinajstić information content (AvgIpc) is 3.03. The molecule has 0 radical (unpaired) electrons. The SMILES string of the molecule is Cc1ccc2c3c1OC1C4(C)CCC5(CC4C(C)(O)C(C)(C)C)[C@@H]4N(C#N)C4(C2)C[C@]315. The molecule has 4 bridgehead atoms. The van der Waals surface area contributed by atoms with E-state index in [9.17, 15) is 10.4 Å². The van der Waals surface area contributed by atoms with E-state index in [1.54, 1.807) is 0 Å². The quantitative estimate of drug-likeness (QED) is 0.540. The molecule has 8 rings (SSSR count). The number of hydrogen-bond acceptors (Lipinski definition) is 4. The van der Waals surface area contributed by atoms with Gasteiger partial charge in [0.2, 0.25) is 0 Å². The molecule has 164 valence electrons. The first kappa shape index (κ1) is 18.8. The van der Waals surface area contributed by atoms with Crippen molar-refractivity contribution in [3.63, 3.8) is 0 Å². The molecule has 2 aliphatic heterocycles. The number of aliphatic hydroxyl groups is 1. The standard InChI is InChI=1S/C27H34N2O2/c1-15-7-8-16-11-26-13-27-18(16)19(15)31-21(27)23(5)9-10-25(27,20(26)29(26)14-28)12-17(23)24(6,30)22(2,3)4/h7-8,17,20-21,30H,9-13H2,1-6H3/t17?,20-,21?,23?,24?,25?,26?,27-,29?/m0/s1. The highest BCUT2D eigenvalue weighted by Crippen LogP contribution is 2.86. The molecule has 1 N–H and O–H groups in total. The van der Waals surface area contributed by atoms with Crippen LogP contribution in [0.5, 0.6) is 5.75 Å². The highest BCUT2D eigenvalue weighted by Gasteiger charge is 2.92.